The summed E-state index contributed by atoms with van der Waals surface area (Å²) in [4.78, 5) is 53.9. The lowest BCUT2D eigenvalue weighted by atomic mass is 9.74. The molecule has 2 aromatic rings. The SMILES string of the molecule is CC(OC(=O)N(C)C1(c2ccccc2Cl)CCCCC1=O)[n+]1cccc(C(=O)N2CCC[C@H]2C(=O)O)c1. The molecule has 1 N–H and O–H groups in total. The molecule has 2 amide bonds. The largest absolute Gasteiger partial charge is 0.480 e. The Morgan fingerprint density at radius 1 is 1.19 bits per heavy atom. The first-order valence-corrected chi connectivity index (χ1v) is 12.8. The standard InChI is InChI=1S/C27H30ClN3O6/c1-18(30-15-7-9-19(17-30)24(33)31-16-8-12-22(31)25(34)35)37-26(36)29(2)27(14-6-5-13-23(27)32)20-10-3-4-11-21(20)28/h3-4,7,9-11,15,17-18,22H,5-6,8,12-14,16H2,1-2H3/p+1/t18?,22-,27?/m0/s1. The average Bonchev–Trinajstić information content (AvgIpc) is 3.39. The number of carboxylic acid groups (broad SMARTS) is 1. The second-order valence-corrected chi connectivity index (χ2v) is 9.95. The summed E-state index contributed by atoms with van der Waals surface area (Å²) in [7, 11) is 1.55. The Hall–Kier alpha value is -3.46. The summed E-state index contributed by atoms with van der Waals surface area (Å²) in [6.07, 6.45) is 5.02. The van der Waals surface area contributed by atoms with E-state index in [-0.39, 0.29) is 11.7 Å². The Kier molecular flexibility index (Phi) is 7.82. The van der Waals surface area contributed by atoms with Gasteiger partial charge in [0.1, 0.15) is 17.1 Å². The summed E-state index contributed by atoms with van der Waals surface area (Å²) in [6.45, 7) is 2.03. The lowest BCUT2D eigenvalue weighted by Crippen LogP contribution is -2.55. The Morgan fingerprint density at radius 3 is 2.65 bits per heavy atom. The molecule has 0 radical (unpaired) electrons. The monoisotopic (exact) mass is 528 g/mol. The Morgan fingerprint density at radius 2 is 1.95 bits per heavy atom. The number of hydrogen-bond acceptors (Lipinski definition) is 5. The van der Waals surface area contributed by atoms with Gasteiger partial charge in [-0.3, -0.25) is 14.5 Å². The number of nitrogens with zero attached hydrogens (tertiary/aromatic N) is 3. The number of likely N-dealkylation sites (N-methyl/N-ethyl adjacent to an activating group) is 1. The van der Waals surface area contributed by atoms with Crippen molar-refractivity contribution in [2.24, 2.45) is 0 Å². The number of amides is 2. The minimum absolute atomic E-state index is 0.0854. The van der Waals surface area contributed by atoms with Crippen LogP contribution in [0.4, 0.5) is 4.79 Å². The molecule has 0 spiro atoms. The molecule has 4 rings (SSSR count). The number of carboxylic acids is 1. The third-order valence-corrected chi connectivity index (χ3v) is 7.71. The van der Waals surface area contributed by atoms with Gasteiger partial charge in [-0.25, -0.2) is 9.59 Å². The van der Waals surface area contributed by atoms with E-state index in [1.807, 2.05) is 0 Å². The zero-order valence-electron chi connectivity index (χ0n) is 20.9. The first kappa shape index (κ1) is 26.6. The third kappa shape index (κ3) is 5.05. The summed E-state index contributed by atoms with van der Waals surface area (Å²) in [5.74, 6) is -1.50. The Bertz CT molecular complexity index is 1220. The van der Waals surface area contributed by atoms with E-state index in [4.69, 9.17) is 16.3 Å². The molecule has 1 saturated carbocycles. The van der Waals surface area contributed by atoms with Crippen LogP contribution in [-0.4, -0.2) is 58.3 Å². The van der Waals surface area contributed by atoms with Gasteiger partial charge in [0.25, 0.3) is 5.91 Å². The Labute approximate surface area is 220 Å². The van der Waals surface area contributed by atoms with Crippen LogP contribution in [0.3, 0.4) is 0 Å². The first-order valence-electron chi connectivity index (χ1n) is 12.4. The van der Waals surface area contributed by atoms with Gasteiger partial charge in [0.05, 0.1) is 0 Å². The van der Waals surface area contributed by atoms with Crippen molar-refractivity contribution >= 4 is 35.4 Å². The molecule has 1 saturated heterocycles. The summed E-state index contributed by atoms with van der Waals surface area (Å²) >= 11 is 6.49. The molecular formula is C27H31ClN3O6+. The molecule has 2 unspecified atom stereocenters. The fraction of sp³-hybridized carbons (Fsp3) is 0.444. The summed E-state index contributed by atoms with van der Waals surface area (Å²) in [5.41, 5.74) is -0.355. The highest BCUT2D eigenvalue weighted by Gasteiger charge is 2.49. The topological polar surface area (TPSA) is 108 Å². The minimum atomic E-state index is -1.22. The van der Waals surface area contributed by atoms with E-state index in [2.05, 4.69) is 0 Å². The molecule has 9 nitrogen and oxygen atoms in total. The van der Waals surface area contributed by atoms with Crippen molar-refractivity contribution in [3.63, 3.8) is 0 Å². The van der Waals surface area contributed by atoms with Crippen LogP contribution in [0.1, 0.15) is 67.6 Å². The van der Waals surface area contributed by atoms with Crippen LogP contribution in [0.15, 0.2) is 48.8 Å². The van der Waals surface area contributed by atoms with Crippen LogP contribution in [0.25, 0.3) is 0 Å². The number of Topliss-reactive ketones (excluding diaryl/α,β-unsaturated/α-hetero) is 1. The molecular weight excluding hydrogens is 498 g/mol. The van der Waals surface area contributed by atoms with Gasteiger partial charge in [-0.05, 0) is 44.2 Å². The Balaban J connectivity index is 1.55. The number of ether oxygens (including phenoxy) is 1. The number of hydrogen-bond donors (Lipinski definition) is 1. The summed E-state index contributed by atoms with van der Waals surface area (Å²) < 4.78 is 7.31. The van der Waals surface area contributed by atoms with E-state index in [1.54, 1.807) is 61.1 Å². The van der Waals surface area contributed by atoms with E-state index in [1.165, 1.54) is 16.0 Å². The number of carbonyl (C=O) groups is 4. The highest BCUT2D eigenvalue weighted by molar-refractivity contribution is 6.31. The molecule has 10 heteroatoms. The minimum Gasteiger partial charge on any atom is -0.480 e. The predicted octanol–water partition coefficient (Wildman–Crippen LogP) is 3.94. The van der Waals surface area contributed by atoms with Crippen LogP contribution < -0.4 is 4.57 Å². The summed E-state index contributed by atoms with van der Waals surface area (Å²) in [5, 5.41) is 9.84. The molecule has 196 valence electrons. The van der Waals surface area contributed by atoms with Crippen molar-refractivity contribution < 1.29 is 33.6 Å². The highest BCUT2D eigenvalue weighted by atomic mass is 35.5. The number of benzene rings is 1. The molecule has 1 aromatic carbocycles. The fourth-order valence-corrected chi connectivity index (χ4v) is 5.64. The quantitative estimate of drug-likeness (QED) is 0.569. The van der Waals surface area contributed by atoms with Gasteiger partial charge in [0, 0.05) is 43.6 Å². The van der Waals surface area contributed by atoms with Crippen LogP contribution >= 0.6 is 11.6 Å². The van der Waals surface area contributed by atoms with E-state index >= 15 is 0 Å². The molecule has 2 heterocycles. The predicted molar refractivity (Wildman–Crippen MR) is 134 cm³/mol. The molecule has 1 aromatic heterocycles. The molecule has 1 aliphatic heterocycles. The number of carbonyl (C=O) groups excluding carboxylic acids is 3. The van der Waals surface area contributed by atoms with Crippen molar-refractivity contribution in [1.29, 1.82) is 0 Å². The third-order valence-electron chi connectivity index (χ3n) is 7.38. The zero-order valence-corrected chi connectivity index (χ0v) is 21.7. The number of aliphatic carboxylic acids is 1. The van der Waals surface area contributed by atoms with E-state index in [0.29, 0.717) is 48.4 Å². The molecule has 37 heavy (non-hydrogen) atoms. The van der Waals surface area contributed by atoms with Gasteiger partial charge in [-0.2, -0.15) is 4.57 Å². The van der Waals surface area contributed by atoms with Gasteiger partial charge in [-0.15, -0.1) is 0 Å². The molecule has 2 fully saturated rings. The van der Waals surface area contributed by atoms with Gasteiger partial charge in [-0.1, -0.05) is 29.8 Å². The molecule has 2 aliphatic rings. The van der Waals surface area contributed by atoms with Crippen LogP contribution in [0, 0.1) is 0 Å². The van der Waals surface area contributed by atoms with Gasteiger partial charge in [0.15, 0.2) is 18.2 Å². The lowest BCUT2D eigenvalue weighted by molar-refractivity contribution is -0.753. The maximum Gasteiger partial charge on any atom is 0.415 e. The van der Waals surface area contributed by atoms with Crippen molar-refractivity contribution in [2.75, 3.05) is 13.6 Å². The van der Waals surface area contributed by atoms with Crippen LogP contribution in [-0.2, 0) is 19.9 Å². The summed E-state index contributed by atoms with van der Waals surface area (Å²) in [6, 6.07) is 9.44. The second-order valence-electron chi connectivity index (χ2n) is 9.55. The highest BCUT2D eigenvalue weighted by Crippen LogP contribution is 2.42. The normalized spacial score (nSPS) is 22.4. The number of likely N-dealkylation sites (tertiary alicyclic amines) is 1. The average molecular weight is 529 g/mol. The fourth-order valence-electron chi connectivity index (χ4n) is 5.35. The molecule has 1 aliphatic carbocycles. The van der Waals surface area contributed by atoms with E-state index in [0.717, 1.165) is 12.8 Å². The van der Waals surface area contributed by atoms with Crippen molar-refractivity contribution in [1.82, 2.24) is 9.80 Å². The van der Waals surface area contributed by atoms with Gasteiger partial charge < -0.3 is 14.7 Å². The van der Waals surface area contributed by atoms with Crippen molar-refractivity contribution in [2.45, 2.75) is 63.3 Å². The first-order chi connectivity index (χ1) is 17.7. The van der Waals surface area contributed by atoms with Crippen molar-refractivity contribution in [3.8, 4) is 0 Å². The van der Waals surface area contributed by atoms with Crippen LogP contribution in [0.5, 0.6) is 0 Å². The van der Waals surface area contributed by atoms with E-state index < -0.39 is 29.9 Å². The number of aromatic nitrogens is 1. The maximum absolute atomic E-state index is 13.4. The number of ketones is 1. The molecule has 3 atom stereocenters. The number of rotatable bonds is 6. The van der Waals surface area contributed by atoms with Gasteiger partial charge >= 0.3 is 18.3 Å². The number of pyridine rings is 1. The van der Waals surface area contributed by atoms with Crippen LogP contribution in [0.2, 0.25) is 5.02 Å². The van der Waals surface area contributed by atoms with Crippen molar-refractivity contribution in [3.05, 3.63) is 64.9 Å². The second kappa shape index (κ2) is 10.9. The smallest absolute Gasteiger partial charge is 0.415 e. The number of halogens is 1. The lowest BCUT2D eigenvalue weighted by Gasteiger charge is -2.43. The van der Waals surface area contributed by atoms with E-state index in [9.17, 15) is 24.3 Å². The zero-order chi connectivity index (χ0) is 26.7. The maximum atomic E-state index is 13.4. The van der Waals surface area contributed by atoms with Gasteiger partial charge in [0.2, 0.25) is 0 Å². The molecule has 0 bridgehead atoms.